The molecular weight excluding hydrogens is 370 g/mol. The molecule has 1 aliphatic rings. The van der Waals surface area contributed by atoms with Crippen LogP contribution in [0.5, 0.6) is 0 Å². The maximum absolute atomic E-state index is 12.5. The van der Waals surface area contributed by atoms with Crippen LogP contribution in [0, 0.1) is 0 Å². The molecule has 3 N–H and O–H groups in total. The number of benzene rings is 1. The van der Waals surface area contributed by atoms with E-state index in [-0.39, 0.29) is 23.2 Å². The number of rotatable bonds is 7. The molecule has 1 amide bonds. The Balaban J connectivity index is 0.00000288. The van der Waals surface area contributed by atoms with Crippen LogP contribution < -0.4 is 15.4 Å². The zero-order valence-corrected chi connectivity index (χ0v) is 16.3. The van der Waals surface area contributed by atoms with Gasteiger partial charge in [0.1, 0.15) is 0 Å². The third-order valence-electron chi connectivity index (χ3n) is 3.81. The number of nitrogens with one attached hydrogen (secondary N) is 1. The van der Waals surface area contributed by atoms with Crippen LogP contribution in [0.3, 0.4) is 0 Å². The number of hydrogen-bond donors (Lipinski definition) is 2. The molecule has 0 radical (unpaired) electrons. The Morgan fingerprint density at radius 3 is 2.79 bits per heavy atom. The van der Waals surface area contributed by atoms with E-state index in [4.69, 9.17) is 5.73 Å². The zero-order chi connectivity index (χ0) is 17.0. The van der Waals surface area contributed by atoms with Crippen molar-refractivity contribution in [3.05, 3.63) is 23.8 Å². The monoisotopic (exact) mass is 393 g/mol. The van der Waals surface area contributed by atoms with Crippen LogP contribution in [-0.4, -0.2) is 45.5 Å². The summed E-state index contributed by atoms with van der Waals surface area (Å²) in [5.74, 6) is 0.679. The molecule has 0 bridgehead atoms. The van der Waals surface area contributed by atoms with Gasteiger partial charge in [-0.25, -0.2) is 13.1 Å². The van der Waals surface area contributed by atoms with Gasteiger partial charge in [0, 0.05) is 18.8 Å². The van der Waals surface area contributed by atoms with Gasteiger partial charge in [-0.15, -0.1) is 12.4 Å². The van der Waals surface area contributed by atoms with E-state index in [1.165, 1.54) is 0 Å². The molecule has 0 aromatic heterocycles. The second kappa shape index (κ2) is 9.05. The minimum absolute atomic E-state index is 0. The molecule has 1 aromatic rings. The zero-order valence-electron chi connectivity index (χ0n) is 13.8. The number of carbonyl (C=O) groups is 1. The second-order valence-electron chi connectivity index (χ2n) is 5.42. The van der Waals surface area contributed by atoms with Crippen molar-refractivity contribution in [3.8, 4) is 0 Å². The largest absolute Gasteiger partial charge is 0.320 e. The molecule has 1 aliphatic heterocycles. The van der Waals surface area contributed by atoms with Crippen LogP contribution in [0.25, 0.3) is 0 Å². The van der Waals surface area contributed by atoms with Crippen molar-refractivity contribution in [1.29, 1.82) is 0 Å². The first-order chi connectivity index (χ1) is 10.9. The number of fused-ring (bicyclic) bond motifs is 1. The summed E-state index contributed by atoms with van der Waals surface area (Å²) in [5, 5.41) is 0. The Bertz CT molecular complexity index is 683. The standard InChI is InChI=1S/C15H23N3O3S2.ClH/c1-3-17-23(20,21)12-5-4-11-6-8-18(14(11)10-12)15(19)13(16)7-9-22-2;/h4-5,10,13,17H,3,6-9,16H2,1-2H3;1H/t13-;/m0./s1. The first-order valence-corrected chi connectivity index (χ1v) is 10.5. The van der Waals surface area contributed by atoms with E-state index in [2.05, 4.69) is 4.72 Å². The van der Waals surface area contributed by atoms with Gasteiger partial charge >= 0.3 is 0 Å². The van der Waals surface area contributed by atoms with E-state index in [1.54, 1.807) is 41.8 Å². The smallest absolute Gasteiger partial charge is 0.243 e. The molecule has 0 fully saturated rings. The van der Waals surface area contributed by atoms with Crippen LogP contribution in [0.4, 0.5) is 5.69 Å². The molecule has 1 aromatic carbocycles. The molecule has 0 aliphatic carbocycles. The lowest BCUT2D eigenvalue weighted by atomic mass is 10.1. The molecule has 0 spiro atoms. The molecular formula is C15H24ClN3O3S2. The molecule has 0 unspecified atom stereocenters. The molecule has 24 heavy (non-hydrogen) atoms. The van der Waals surface area contributed by atoms with Gasteiger partial charge in [-0.1, -0.05) is 13.0 Å². The predicted octanol–water partition coefficient (Wildman–Crippen LogP) is 1.38. The van der Waals surface area contributed by atoms with Gasteiger partial charge in [0.2, 0.25) is 15.9 Å². The minimum Gasteiger partial charge on any atom is -0.320 e. The number of amides is 1. The molecule has 0 saturated carbocycles. The van der Waals surface area contributed by atoms with Crippen molar-refractivity contribution in [2.45, 2.75) is 30.7 Å². The Kier molecular flexibility index (Phi) is 8.01. The summed E-state index contributed by atoms with van der Waals surface area (Å²) in [6, 6.07) is 4.38. The molecule has 1 atom stereocenters. The van der Waals surface area contributed by atoms with Gasteiger partial charge in [0.25, 0.3) is 0 Å². The van der Waals surface area contributed by atoms with Gasteiger partial charge in [-0.2, -0.15) is 11.8 Å². The normalized spacial score (nSPS) is 14.9. The van der Waals surface area contributed by atoms with Crippen LogP contribution in [-0.2, 0) is 21.2 Å². The number of thioether (sulfide) groups is 1. The lowest BCUT2D eigenvalue weighted by molar-refractivity contribution is -0.119. The van der Waals surface area contributed by atoms with Gasteiger partial charge in [0.05, 0.1) is 10.9 Å². The van der Waals surface area contributed by atoms with Crippen molar-refractivity contribution in [2.75, 3.05) is 30.0 Å². The van der Waals surface area contributed by atoms with Crippen molar-refractivity contribution >= 4 is 45.8 Å². The van der Waals surface area contributed by atoms with Crippen molar-refractivity contribution < 1.29 is 13.2 Å². The van der Waals surface area contributed by atoms with Crippen molar-refractivity contribution in [2.24, 2.45) is 5.73 Å². The summed E-state index contributed by atoms with van der Waals surface area (Å²) in [4.78, 5) is 14.3. The highest BCUT2D eigenvalue weighted by Crippen LogP contribution is 2.31. The van der Waals surface area contributed by atoms with Gasteiger partial charge in [0.15, 0.2) is 0 Å². The van der Waals surface area contributed by atoms with Crippen LogP contribution in [0.2, 0.25) is 0 Å². The fraction of sp³-hybridized carbons (Fsp3) is 0.533. The highest BCUT2D eigenvalue weighted by molar-refractivity contribution is 7.98. The van der Waals surface area contributed by atoms with E-state index in [0.717, 1.165) is 17.7 Å². The van der Waals surface area contributed by atoms with Gasteiger partial charge in [-0.05, 0) is 42.5 Å². The lowest BCUT2D eigenvalue weighted by Crippen LogP contribution is -2.43. The predicted molar refractivity (Wildman–Crippen MR) is 102 cm³/mol. The fourth-order valence-corrected chi connectivity index (χ4v) is 4.15. The number of carbonyl (C=O) groups excluding carboxylic acids is 1. The number of hydrogen-bond acceptors (Lipinski definition) is 5. The highest BCUT2D eigenvalue weighted by Gasteiger charge is 2.29. The summed E-state index contributed by atoms with van der Waals surface area (Å²) >= 11 is 1.65. The third kappa shape index (κ3) is 4.64. The van der Waals surface area contributed by atoms with E-state index in [9.17, 15) is 13.2 Å². The number of sulfonamides is 1. The fourth-order valence-electron chi connectivity index (χ4n) is 2.60. The molecule has 1 heterocycles. The Labute approximate surface area is 154 Å². The number of halogens is 1. The Hall–Kier alpha value is -0.800. The third-order valence-corrected chi connectivity index (χ3v) is 6.00. The maximum Gasteiger partial charge on any atom is 0.243 e. The summed E-state index contributed by atoms with van der Waals surface area (Å²) in [7, 11) is -3.54. The van der Waals surface area contributed by atoms with E-state index < -0.39 is 16.1 Å². The van der Waals surface area contributed by atoms with Crippen LogP contribution in [0.1, 0.15) is 18.9 Å². The SMILES string of the molecule is CCNS(=O)(=O)c1ccc2c(c1)N(C(=O)[C@@H](N)CCSC)CC2.Cl. The molecule has 6 nitrogen and oxygen atoms in total. The van der Waals surface area contributed by atoms with Gasteiger partial charge < -0.3 is 10.6 Å². The Morgan fingerprint density at radius 2 is 2.17 bits per heavy atom. The van der Waals surface area contributed by atoms with Crippen LogP contribution in [0.15, 0.2) is 23.1 Å². The summed E-state index contributed by atoms with van der Waals surface area (Å²) in [5.41, 5.74) is 7.62. The molecule has 2 rings (SSSR count). The quantitative estimate of drug-likeness (QED) is 0.730. The Morgan fingerprint density at radius 1 is 1.46 bits per heavy atom. The van der Waals surface area contributed by atoms with Gasteiger partial charge in [-0.3, -0.25) is 4.79 Å². The minimum atomic E-state index is -3.54. The van der Waals surface area contributed by atoms with Crippen molar-refractivity contribution in [3.63, 3.8) is 0 Å². The first kappa shape index (κ1) is 21.2. The second-order valence-corrected chi connectivity index (χ2v) is 8.17. The molecule has 9 heteroatoms. The summed E-state index contributed by atoms with van der Waals surface area (Å²) in [6.45, 7) is 2.60. The lowest BCUT2D eigenvalue weighted by Gasteiger charge is -2.22. The average molecular weight is 394 g/mol. The maximum atomic E-state index is 12.5. The number of nitrogens with two attached hydrogens (primary N) is 1. The topological polar surface area (TPSA) is 92.5 Å². The van der Waals surface area contributed by atoms with Crippen LogP contribution >= 0.6 is 24.2 Å². The van der Waals surface area contributed by atoms with E-state index >= 15 is 0 Å². The first-order valence-electron chi connectivity index (χ1n) is 7.59. The molecule has 0 saturated heterocycles. The van der Waals surface area contributed by atoms with Crippen molar-refractivity contribution in [1.82, 2.24) is 4.72 Å². The molecule has 136 valence electrons. The number of nitrogens with zero attached hydrogens (tertiary/aromatic N) is 1. The average Bonchev–Trinajstić information content (AvgIpc) is 2.94. The van der Waals surface area contributed by atoms with E-state index in [0.29, 0.717) is 25.2 Å². The highest BCUT2D eigenvalue weighted by atomic mass is 35.5. The number of anilines is 1. The van der Waals surface area contributed by atoms with E-state index in [1.807, 2.05) is 6.26 Å². The summed E-state index contributed by atoms with van der Waals surface area (Å²) in [6.07, 6.45) is 3.30. The summed E-state index contributed by atoms with van der Waals surface area (Å²) < 4.78 is 26.7.